The topological polar surface area (TPSA) is 106 Å². The summed E-state index contributed by atoms with van der Waals surface area (Å²) < 4.78 is 10.5. The maximum Gasteiger partial charge on any atom is 0.222 e. The molecular weight excluding hydrogens is 382 g/mol. The van der Waals surface area contributed by atoms with E-state index in [1.807, 2.05) is 43.3 Å². The summed E-state index contributed by atoms with van der Waals surface area (Å²) in [5.74, 6) is 1.23. The number of hydrogen-bond acceptors (Lipinski definition) is 8. The summed E-state index contributed by atoms with van der Waals surface area (Å²) in [5.41, 5.74) is 9.45. The summed E-state index contributed by atoms with van der Waals surface area (Å²) in [5, 5.41) is 10.1. The number of phenols is 1. The number of rotatable bonds is 7. The maximum atomic E-state index is 10.1. The van der Waals surface area contributed by atoms with Crippen molar-refractivity contribution in [3.63, 3.8) is 0 Å². The van der Waals surface area contributed by atoms with Crippen LogP contribution in [-0.2, 0) is 6.42 Å². The Hall–Kier alpha value is -3.81. The van der Waals surface area contributed by atoms with Gasteiger partial charge in [0.05, 0.1) is 14.2 Å². The first-order valence-electron chi connectivity index (χ1n) is 9.28. The number of aromatic hydroxyl groups is 1. The number of anilines is 2. The van der Waals surface area contributed by atoms with Crippen LogP contribution in [0.3, 0.4) is 0 Å². The van der Waals surface area contributed by atoms with Gasteiger partial charge in [-0.2, -0.15) is 4.98 Å². The highest BCUT2D eigenvalue weighted by Gasteiger charge is 2.13. The molecule has 8 heteroatoms. The van der Waals surface area contributed by atoms with Gasteiger partial charge in [-0.05, 0) is 35.4 Å². The van der Waals surface area contributed by atoms with E-state index in [1.54, 1.807) is 24.5 Å². The lowest BCUT2D eigenvalue weighted by molar-refractivity contribution is 0.339. The van der Waals surface area contributed by atoms with Crippen molar-refractivity contribution in [2.24, 2.45) is 4.99 Å². The Bertz CT molecular complexity index is 1020. The van der Waals surface area contributed by atoms with Gasteiger partial charge in [0, 0.05) is 44.2 Å². The number of aromatic nitrogens is 2. The van der Waals surface area contributed by atoms with Crippen molar-refractivity contribution >= 4 is 23.7 Å². The van der Waals surface area contributed by atoms with Crippen LogP contribution in [0, 0.1) is 0 Å². The highest BCUT2D eigenvalue weighted by Crippen LogP contribution is 2.38. The fraction of sp³-hybridized carbons (Fsp3) is 0.227. The van der Waals surface area contributed by atoms with Crippen molar-refractivity contribution in [1.29, 1.82) is 0 Å². The minimum atomic E-state index is -0.0447. The van der Waals surface area contributed by atoms with Gasteiger partial charge in [-0.3, -0.25) is 0 Å². The van der Waals surface area contributed by atoms with E-state index in [-0.39, 0.29) is 11.7 Å². The van der Waals surface area contributed by atoms with Gasteiger partial charge >= 0.3 is 0 Å². The zero-order valence-corrected chi connectivity index (χ0v) is 17.5. The van der Waals surface area contributed by atoms with Crippen molar-refractivity contribution in [1.82, 2.24) is 9.97 Å². The second-order valence-electron chi connectivity index (χ2n) is 6.85. The van der Waals surface area contributed by atoms with Crippen molar-refractivity contribution in [2.75, 3.05) is 38.9 Å². The van der Waals surface area contributed by atoms with Gasteiger partial charge in [0.1, 0.15) is 0 Å². The summed E-state index contributed by atoms with van der Waals surface area (Å²) in [6.45, 7) is 0. The van der Waals surface area contributed by atoms with Crippen molar-refractivity contribution < 1.29 is 14.6 Å². The summed E-state index contributed by atoms with van der Waals surface area (Å²) in [7, 11) is 6.96. The van der Waals surface area contributed by atoms with E-state index in [0.29, 0.717) is 23.7 Å². The highest BCUT2D eigenvalue weighted by atomic mass is 16.5. The van der Waals surface area contributed by atoms with Crippen LogP contribution in [0.2, 0.25) is 0 Å². The van der Waals surface area contributed by atoms with Crippen LogP contribution in [0.25, 0.3) is 0 Å². The molecular formula is C22H25N5O3. The van der Waals surface area contributed by atoms with E-state index in [1.165, 1.54) is 14.2 Å². The minimum Gasteiger partial charge on any atom is -0.502 e. The lowest BCUT2D eigenvalue weighted by atomic mass is 10.1. The molecule has 0 aliphatic heterocycles. The van der Waals surface area contributed by atoms with Crippen LogP contribution in [-0.4, -0.2) is 49.6 Å². The zero-order chi connectivity index (χ0) is 21.7. The lowest BCUT2D eigenvalue weighted by Crippen LogP contribution is -2.08. The molecule has 156 valence electrons. The van der Waals surface area contributed by atoms with Crippen LogP contribution in [0.4, 0.5) is 17.5 Å². The fourth-order valence-electron chi connectivity index (χ4n) is 2.91. The zero-order valence-electron chi connectivity index (χ0n) is 17.5. The van der Waals surface area contributed by atoms with E-state index in [4.69, 9.17) is 15.2 Å². The van der Waals surface area contributed by atoms with E-state index < -0.39 is 0 Å². The second-order valence-corrected chi connectivity index (χ2v) is 6.85. The first-order chi connectivity index (χ1) is 14.4. The standard InChI is InChI=1S/C22H25N5O3/c1-27(2)17-7-5-14(6-8-17)12-24-21-16(13-25-22(23)26-21)9-15-10-18(29-3)20(28)19(11-15)30-4/h5-8,10-13,28H,9H2,1-4H3,(H2,23,25,26). The third-order valence-electron chi connectivity index (χ3n) is 4.54. The van der Waals surface area contributed by atoms with Gasteiger partial charge in [0.2, 0.25) is 11.7 Å². The summed E-state index contributed by atoms with van der Waals surface area (Å²) >= 11 is 0. The van der Waals surface area contributed by atoms with Crippen LogP contribution in [0.1, 0.15) is 16.7 Å². The summed E-state index contributed by atoms with van der Waals surface area (Å²) in [4.78, 5) is 14.9. The minimum absolute atomic E-state index is 0.0447. The molecule has 0 fully saturated rings. The molecule has 0 radical (unpaired) electrons. The van der Waals surface area contributed by atoms with Gasteiger partial charge < -0.3 is 25.2 Å². The third kappa shape index (κ3) is 4.78. The Morgan fingerprint density at radius 1 is 1.10 bits per heavy atom. The first kappa shape index (κ1) is 20.9. The number of nitrogen functional groups attached to an aromatic ring is 1. The van der Waals surface area contributed by atoms with E-state index >= 15 is 0 Å². The Labute approximate surface area is 175 Å². The summed E-state index contributed by atoms with van der Waals surface area (Å²) in [6.07, 6.45) is 3.85. The molecule has 1 heterocycles. The average molecular weight is 407 g/mol. The molecule has 1 aromatic heterocycles. The molecule has 0 aliphatic rings. The molecule has 0 unspecified atom stereocenters. The van der Waals surface area contributed by atoms with Crippen molar-refractivity contribution in [3.8, 4) is 17.2 Å². The number of nitrogens with zero attached hydrogens (tertiary/aromatic N) is 4. The number of benzene rings is 2. The molecule has 0 bridgehead atoms. The van der Waals surface area contributed by atoms with Crippen LogP contribution in [0.15, 0.2) is 47.6 Å². The smallest absolute Gasteiger partial charge is 0.222 e. The molecule has 0 amide bonds. The van der Waals surface area contributed by atoms with Crippen LogP contribution >= 0.6 is 0 Å². The summed E-state index contributed by atoms with van der Waals surface area (Å²) in [6, 6.07) is 11.5. The molecule has 3 rings (SSSR count). The number of methoxy groups -OCH3 is 2. The predicted octanol–water partition coefficient (Wildman–Crippen LogP) is 3.19. The maximum absolute atomic E-state index is 10.1. The first-order valence-corrected chi connectivity index (χ1v) is 9.28. The molecule has 0 aliphatic carbocycles. The normalized spacial score (nSPS) is 10.9. The fourth-order valence-corrected chi connectivity index (χ4v) is 2.91. The average Bonchev–Trinajstić information content (AvgIpc) is 2.75. The van der Waals surface area contributed by atoms with Crippen molar-refractivity contribution in [3.05, 3.63) is 59.3 Å². The monoisotopic (exact) mass is 407 g/mol. The largest absolute Gasteiger partial charge is 0.502 e. The van der Waals surface area contributed by atoms with Crippen LogP contribution < -0.4 is 20.1 Å². The number of hydrogen-bond donors (Lipinski definition) is 2. The second kappa shape index (κ2) is 9.13. The number of ether oxygens (including phenoxy) is 2. The molecule has 0 spiro atoms. The van der Waals surface area contributed by atoms with Gasteiger partial charge in [-0.15, -0.1) is 0 Å². The Kier molecular flexibility index (Phi) is 6.36. The molecule has 3 N–H and O–H groups in total. The van der Waals surface area contributed by atoms with Gasteiger partial charge in [0.15, 0.2) is 17.3 Å². The predicted molar refractivity (Wildman–Crippen MR) is 118 cm³/mol. The molecule has 3 aromatic rings. The number of aliphatic imine (C=N–C) groups is 1. The van der Waals surface area contributed by atoms with E-state index in [9.17, 15) is 5.11 Å². The van der Waals surface area contributed by atoms with Crippen LogP contribution in [0.5, 0.6) is 17.2 Å². The van der Waals surface area contributed by atoms with Gasteiger partial charge in [-0.25, -0.2) is 9.98 Å². The number of phenolic OH excluding ortho intramolecular Hbond substituents is 1. The van der Waals surface area contributed by atoms with Crippen molar-refractivity contribution in [2.45, 2.75) is 6.42 Å². The highest BCUT2D eigenvalue weighted by molar-refractivity contribution is 5.82. The Morgan fingerprint density at radius 3 is 2.30 bits per heavy atom. The van der Waals surface area contributed by atoms with E-state index in [0.717, 1.165) is 22.4 Å². The molecule has 30 heavy (non-hydrogen) atoms. The lowest BCUT2D eigenvalue weighted by Gasteiger charge is -2.12. The molecule has 8 nitrogen and oxygen atoms in total. The molecule has 0 saturated heterocycles. The van der Waals surface area contributed by atoms with E-state index in [2.05, 4.69) is 15.0 Å². The Balaban J connectivity index is 1.90. The SMILES string of the molecule is COc1cc(Cc2cnc(N)nc2N=Cc2ccc(N(C)C)cc2)cc(OC)c1O. The third-order valence-corrected chi connectivity index (χ3v) is 4.54. The molecule has 0 atom stereocenters. The number of nitrogens with two attached hydrogens (primary N) is 1. The van der Waals surface area contributed by atoms with Gasteiger partial charge in [-0.1, -0.05) is 12.1 Å². The molecule has 2 aromatic carbocycles. The quantitative estimate of drug-likeness (QED) is 0.579. The molecule has 0 saturated carbocycles. The van der Waals surface area contributed by atoms with Gasteiger partial charge in [0.25, 0.3) is 0 Å². The Morgan fingerprint density at radius 2 is 1.73 bits per heavy atom.